The SMILES string of the molecule is NC(=O)CCCCNCc1nnc(-c2ccccc2)o1. The van der Waals surface area contributed by atoms with Gasteiger partial charge < -0.3 is 15.5 Å². The van der Waals surface area contributed by atoms with Crippen LogP contribution in [0.4, 0.5) is 0 Å². The van der Waals surface area contributed by atoms with E-state index >= 15 is 0 Å². The minimum atomic E-state index is -0.255. The van der Waals surface area contributed by atoms with Crippen molar-refractivity contribution in [1.82, 2.24) is 15.5 Å². The number of aromatic nitrogens is 2. The molecule has 0 fully saturated rings. The quantitative estimate of drug-likeness (QED) is 0.711. The van der Waals surface area contributed by atoms with Gasteiger partial charge >= 0.3 is 0 Å². The number of unbranched alkanes of at least 4 members (excludes halogenated alkanes) is 1. The van der Waals surface area contributed by atoms with E-state index in [2.05, 4.69) is 15.5 Å². The first-order chi connectivity index (χ1) is 9.75. The molecule has 2 aromatic rings. The largest absolute Gasteiger partial charge is 0.419 e. The van der Waals surface area contributed by atoms with Crippen molar-refractivity contribution in [2.45, 2.75) is 25.8 Å². The lowest BCUT2D eigenvalue weighted by Crippen LogP contribution is -2.16. The number of hydrogen-bond acceptors (Lipinski definition) is 5. The molecule has 0 spiro atoms. The van der Waals surface area contributed by atoms with Gasteiger partial charge in [-0.2, -0.15) is 0 Å². The third kappa shape index (κ3) is 4.47. The van der Waals surface area contributed by atoms with Crippen LogP contribution in [-0.2, 0) is 11.3 Å². The lowest BCUT2D eigenvalue weighted by atomic mass is 10.2. The van der Waals surface area contributed by atoms with Gasteiger partial charge in [-0.05, 0) is 31.5 Å². The summed E-state index contributed by atoms with van der Waals surface area (Å²) in [7, 11) is 0. The third-order valence-corrected chi connectivity index (χ3v) is 2.79. The van der Waals surface area contributed by atoms with Crippen LogP contribution in [0.2, 0.25) is 0 Å². The maximum Gasteiger partial charge on any atom is 0.247 e. The van der Waals surface area contributed by atoms with Crippen LogP contribution in [0.5, 0.6) is 0 Å². The molecule has 0 radical (unpaired) electrons. The fraction of sp³-hybridized carbons (Fsp3) is 0.357. The monoisotopic (exact) mass is 274 g/mol. The Morgan fingerprint density at radius 3 is 2.75 bits per heavy atom. The minimum absolute atomic E-state index is 0.255. The average molecular weight is 274 g/mol. The number of nitrogens with two attached hydrogens (primary N) is 1. The Labute approximate surface area is 117 Å². The van der Waals surface area contributed by atoms with Gasteiger partial charge in [0.05, 0.1) is 6.54 Å². The molecule has 3 N–H and O–H groups in total. The van der Waals surface area contributed by atoms with Gasteiger partial charge in [0.25, 0.3) is 0 Å². The van der Waals surface area contributed by atoms with Gasteiger partial charge in [0, 0.05) is 12.0 Å². The zero-order valence-electron chi connectivity index (χ0n) is 11.2. The van der Waals surface area contributed by atoms with E-state index in [0.29, 0.717) is 24.7 Å². The molecule has 0 saturated heterocycles. The van der Waals surface area contributed by atoms with Crippen LogP contribution < -0.4 is 11.1 Å². The maximum absolute atomic E-state index is 10.6. The highest BCUT2D eigenvalue weighted by atomic mass is 16.4. The summed E-state index contributed by atoms with van der Waals surface area (Å²) < 4.78 is 5.56. The second-order valence-electron chi connectivity index (χ2n) is 4.47. The summed E-state index contributed by atoms with van der Waals surface area (Å²) in [4.78, 5) is 10.6. The topological polar surface area (TPSA) is 94.0 Å². The van der Waals surface area contributed by atoms with E-state index in [4.69, 9.17) is 10.2 Å². The normalized spacial score (nSPS) is 10.6. The Morgan fingerprint density at radius 1 is 1.20 bits per heavy atom. The summed E-state index contributed by atoms with van der Waals surface area (Å²) in [6, 6.07) is 9.64. The van der Waals surface area contributed by atoms with E-state index in [1.807, 2.05) is 30.3 Å². The van der Waals surface area contributed by atoms with Gasteiger partial charge in [-0.3, -0.25) is 4.79 Å². The van der Waals surface area contributed by atoms with E-state index in [-0.39, 0.29) is 5.91 Å². The van der Waals surface area contributed by atoms with Gasteiger partial charge in [-0.1, -0.05) is 18.2 Å². The molecular weight excluding hydrogens is 256 g/mol. The van der Waals surface area contributed by atoms with Crippen LogP contribution in [0, 0.1) is 0 Å². The maximum atomic E-state index is 10.6. The van der Waals surface area contributed by atoms with Crippen molar-refractivity contribution in [2.75, 3.05) is 6.54 Å². The Bertz CT molecular complexity index is 539. The predicted octanol–water partition coefficient (Wildman–Crippen LogP) is 1.48. The number of rotatable bonds is 8. The van der Waals surface area contributed by atoms with Crippen LogP contribution in [0.25, 0.3) is 11.5 Å². The molecule has 0 bridgehead atoms. The van der Waals surface area contributed by atoms with Gasteiger partial charge in [0.1, 0.15) is 0 Å². The number of benzene rings is 1. The van der Waals surface area contributed by atoms with E-state index in [1.165, 1.54) is 0 Å². The number of primary amides is 1. The fourth-order valence-corrected chi connectivity index (χ4v) is 1.77. The van der Waals surface area contributed by atoms with Crippen molar-refractivity contribution < 1.29 is 9.21 Å². The van der Waals surface area contributed by atoms with Crippen molar-refractivity contribution in [1.29, 1.82) is 0 Å². The van der Waals surface area contributed by atoms with Crippen LogP contribution in [0.1, 0.15) is 25.2 Å². The van der Waals surface area contributed by atoms with E-state index in [1.54, 1.807) is 0 Å². The second kappa shape index (κ2) is 7.40. The number of nitrogens with zero attached hydrogens (tertiary/aromatic N) is 2. The fourth-order valence-electron chi connectivity index (χ4n) is 1.77. The first-order valence-electron chi connectivity index (χ1n) is 6.62. The highest BCUT2D eigenvalue weighted by molar-refractivity contribution is 5.73. The number of carbonyl (C=O) groups excluding carboxylic acids is 1. The zero-order valence-corrected chi connectivity index (χ0v) is 11.2. The molecule has 0 aliphatic heterocycles. The number of carbonyl (C=O) groups is 1. The molecule has 0 atom stereocenters. The Balaban J connectivity index is 1.72. The first-order valence-corrected chi connectivity index (χ1v) is 6.62. The van der Waals surface area contributed by atoms with Crippen molar-refractivity contribution in [3.8, 4) is 11.5 Å². The summed E-state index contributed by atoms with van der Waals surface area (Å²) in [5, 5.41) is 11.2. The second-order valence-corrected chi connectivity index (χ2v) is 4.47. The van der Waals surface area contributed by atoms with E-state index in [0.717, 1.165) is 24.9 Å². The molecule has 0 unspecified atom stereocenters. The lowest BCUT2D eigenvalue weighted by Gasteiger charge is -2.00. The minimum Gasteiger partial charge on any atom is -0.419 e. The molecule has 6 nitrogen and oxygen atoms in total. The number of nitrogens with one attached hydrogen (secondary N) is 1. The van der Waals surface area contributed by atoms with Crippen LogP contribution in [0.3, 0.4) is 0 Å². The smallest absolute Gasteiger partial charge is 0.247 e. The van der Waals surface area contributed by atoms with Gasteiger partial charge in [0.15, 0.2) is 0 Å². The molecule has 1 aromatic heterocycles. The van der Waals surface area contributed by atoms with Gasteiger partial charge in [-0.25, -0.2) is 0 Å². The summed E-state index contributed by atoms with van der Waals surface area (Å²) >= 11 is 0. The summed E-state index contributed by atoms with van der Waals surface area (Å²) in [6.45, 7) is 1.31. The van der Waals surface area contributed by atoms with Gasteiger partial charge in [0.2, 0.25) is 17.7 Å². The number of amides is 1. The highest BCUT2D eigenvalue weighted by Gasteiger charge is 2.07. The van der Waals surface area contributed by atoms with Crippen LogP contribution >= 0.6 is 0 Å². The molecule has 20 heavy (non-hydrogen) atoms. The Kier molecular flexibility index (Phi) is 5.25. The van der Waals surface area contributed by atoms with Crippen molar-refractivity contribution in [3.05, 3.63) is 36.2 Å². The lowest BCUT2D eigenvalue weighted by molar-refractivity contribution is -0.118. The zero-order chi connectivity index (χ0) is 14.2. The molecule has 1 amide bonds. The molecule has 6 heteroatoms. The predicted molar refractivity (Wildman–Crippen MR) is 74.5 cm³/mol. The van der Waals surface area contributed by atoms with E-state index < -0.39 is 0 Å². The third-order valence-electron chi connectivity index (χ3n) is 2.79. The average Bonchev–Trinajstić information content (AvgIpc) is 2.92. The standard InChI is InChI=1S/C14H18N4O2/c15-12(19)8-4-5-9-16-10-13-17-18-14(20-13)11-6-2-1-3-7-11/h1-3,6-7,16H,4-5,8-10H2,(H2,15,19). The molecule has 0 saturated carbocycles. The van der Waals surface area contributed by atoms with Crippen LogP contribution in [-0.4, -0.2) is 22.6 Å². The molecular formula is C14H18N4O2. The molecule has 1 aromatic carbocycles. The van der Waals surface area contributed by atoms with Crippen LogP contribution in [0.15, 0.2) is 34.7 Å². The van der Waals surface area contributed by atoms with E-state index in [9.17, 15) is 4.79 Å². The summed E-state index contributed by atoms with van der Waals surface area (Å²) in [5.41, 5.74) is 5.97. The Morgan fingerprint density at radius 2 is 2.00 bits per heavy atom. The number of hydrogen-bond donors (Lipinski definition) is 2. The first kappa shape index (κ1) is 14.2. The van der Waals surface area contributed by atoms with Crippen molar-refractivity contribution >= 4 is 5.91 Å². The molecule has 0 aliphatic rings. The van der Waals surface area contributed by atoms with Crippen molar-refractivity contribution in [2.24, 2.45) is 5.73 Å². The molecule has 0 aliphatic carbocycles. The summed E-state index contributed by atoms with van der Waals surface area (Å²) in [6.07, 6.45) is 2.12. The Hall–Kier alpha value is -2.21. The molecule has 106 valence electrons. The molecule has 2 rings (SSSR count). The van der Waals surface area contributed by atoms with Gasteiger partial charge in [-0.15, -0.1) is 10.2 Å². The molecule has 1 heterocycles. The summed E-state index contributed by atoms with van der Waals surface area (Å²) in [5.74, 6) is 0.823. The highest BCUT2D eigenvalue weighted by Crippen LogP contribution is 2.16. The van der Waals surface area contributed by atoms with Crippen molar-refractivity contribution in [3.63, 3.8) is 0 Å².